The lowest BCUT2D eigenvalue weighted by Crippen LogP contribution is -2.58. The number of nitrogens with zero attached hydrogens (tertiary/aromatic N) is 3. The lowest BCUT2D eigenvalue weighted by molar-refractivity contribution is 0.0327. The first-order valence-electron chi connectivity index (χ1n) is 9.10. The van der Waals surface area contributed by atoms with Crippen LogP contribution in [0.1, 0.15) is 73.7 Å². The third-order valence-electron chi connectivity index (χ3n) is 5.49. The minimum Gasteiger partial charge on any atom is -0.349 e. The standard InChI is InChI=1S/C17H28N4OS/c1-2-14-15(23-20-19-14)16(22)18-13-17(9-5-3-6-10-17)21-11-7-4-8-12-21/h2-13H2,1H3,(H,18,22). The van der Waals surface area contributed by atoms with E-state index in [-0.39, 0.29) is 11.4 Å². The van der Waals surface area contributed by atoms with Crippen molar-refractivity contribution in [1.82, 2.24) is 19.8 Å². The summed E-state index contributed by atoms with van der Waals surface area (Å²) in [4.78, 5) is 15.9. The molecule has 6 heteroatoms. The predicted molar refractivity (Wildman–Crippen MR) is 92.9 cm³/mol. The second kappa shape index (κ2) is 7.71. The molecule has 1 amide bonds. The fourth-order valence-electron chi connectivity index (χ4n) is 4.12. The van der Waals surface area contributed by atoms with Gasteiger partial charge in [-0.3, -0.25) is 9.69 Å². The molecule has 0 spiro atoms. The van der Waals surface area contributed by atoms with Crippen LogP contribution in [0.15, 0.2) is 0 Å². The Morgan fingerprint density at radius 3 is 2.57 bits per heavy atom. The van der Waals surface area contributed by atoms with Crippen molar-refractivity contribution >= 4 is 17.4 Å². The Kier molecular flexibility index (Phi) is 5.64. The van der Waals surface area contributed by atoms with Crippen LogP contribution in [0.2, 0.25) is 0 Å². The van der Waals surface area contributed by atoms with E-state index >= 15 is 0 Å². The number of aromatic nitrogens is 2. The van der Waals surface area contributed by atoms with Crippen LogP contribution in [-0.4, -0.2) is 45.6 Å². The van der Waals surface area contributed by atoms with Crippen molar-refractivity contribution in [2.24, 2.45) is 0 Å². The lowest BCUT2D eigenvalue weighted by Gasteiger charge is -2.48. The number of hydrogen-bond acceptors (Lipinski definition) is 5. The highest BCUT2D eigenvalue weighted by Gasteiger charge is 2.38. The Balaban J connectivity index is 1.67. The van der Waals surface area contributed by atoms with Gasteiger partial charge in [-0.1, -0.05) is 37.1 Å². The molecule has 1 saturated heterocycles. The predicted octanol–water partition coefficient (Wildman–Crippen LogP) is 3.02. The second-order valence-corrected chi connectivity index (χ2v) is 7.67. The van der Waals surface area contributed by atoms with Crippen molar-refractivity contribution in [3.05, 3.63) is 10.6 Å². The first-order chi connectivity index (χ1) is 11.2. The van der Waals surface area contributed by atoms with Crippen LogP contribution in [0.25, 0.3) is 0 Å². The van der Waals surface area contributed by atoms with E-state index in [0.29, 0.717) is 4.88 Å². The number of likely N-dealkylation sites (tertiary alicyclic amines) is 1. The van der Waals surface area contributed by atoms with Gasteiger partial charge in [0.2, 0.25) is 0 Å². The highest BCUT2D eigenvalue weighted by atomic mass is 32.1. The maximum atomic E-state index is 12.6. The van der Waals surface area contributed by atoms with Gasteiger partial charge in [0.1, 0.15) is 4.88 Å². The van der Waals surface area contributed by atoms with Gasteiger partial charge < -0.3 is 5.32 Å². The number of piperidine rings is 1. The SMILES string of the molecule is CCc1nnsc1C(=O)NCC1(N2CCCCC2)CCCCC1. The molecule has 2 heterocycles. The number of nitrogens with one attached hydrogen (secondary N) is 1. The molecule has 0 atom stereocenters. The van der Waals surface area contributed by atoms with Crippen LogP contribution in [-0.2, 0) is 6.42 Å². The fourth-order valence-corrected chi connectivity index (χ4v) is 4.79. The van der Waals surface area contributed by atoms with Gasteiger partial charge in [-0.25, -0.2) is 0 Å². The quantitative estimate of drug-likeness (QED) is 0.898. The second-order valence-electron chi connectivity index (χ2n) is 6.92. The number of carbonyl (C=O) groups is 1. The van der Waals surface area contributed by atoms with Gasteiger partial charge in [0.25, 0.3) is 5.91 Å². The van der Waals surface area contributed by atoms with E-state index in [1.165, 1.54) is 76.0 Å². The summed E-state index contributed by atoms with van der Waals surface area (Å²) in [5, 5.41) is 7.27. The maximum absolute atomic E-state index is 12.6. The Morgan fingerprint density at radius 1 is 1.17 bits per heavy atom. The maximum Gasteiger partial charge on any atom is 0.265 e. The minimum absolute atomic E-state index is 0.0128. The molecule has 1 aromatic rings. The van der Waals surface area contributed by atoms with Gasteiger partial charge in [0.15, 0.2) is 0 Å². The van der Waals surface area contributed by atoms with Crippen molar-refractivity contribution in [3.63, 3.8) is 0 Å². The summed E-state index contributed by atoms with van der Waals surface area (Å²) < 4.78 is 3.94. The summed E-state index contributed by atoms with van der Waals surface area (Å²) in [7, 11) is 0. The van der Waals surface area contributed by atoms with Crippen molar-refractivity contribution in [3.8, 4) is 0 Å². The van der Waals surface area contributed by atoms with Crippen LogP contribution in [0.4, 0.5) is 0 Å². The van der Waals surface area contributed by atoms with Crippen LogP contribution < -0.4 is 5.32 Å². The van der Waals surface area contributed by atoms with Crippen LogP contribution >= 0.6 is 11.5 Å². The summed E-state index contributed by atoms with van der Waals surface area (Å²) >= 11 is 1.22. The topological polar surface area (TPSA) is 58.1 Å². The summed E-state index contributed by atoms with van der Waals surface area (Å²) in [6.45, 7) is 5.17. The van der Waals surface area contributed by atoms with Crippen molar-refractivity contribution in [1.29, 1.82) is 0 Å². The van der Waals surface area contributed by atoms with E-state index in [0.717, 1.165) is 18.7 Å². The zero-order chi connectivity index (χ0) is 16.1. The zero-order valence-electron chi connectivity index (χ0n) is 14.1. The lowest BCUT2D eigenvalue weighted by atomic mass is 9.79. The summed E-state index contributed by atoms with van der Waals surface area (Å²) in [5.74, 6) is 0.0128. The average molecular weight is 337 g/mol. The van der Waals surface area contributed by atoms with Crippen molar-refractivity contribution in [2.45, 2.75) is 70.3 Å². The summed E-state index contributed by atoms with van der Waals surface area (Å²) in [5.41, 5.74) is 1.00. The van der Waals surface area contributed by atoms with E-state index in [2.05, 4.69) is 19.8 Å². The molecule has 1 aliphatic heterocycles. The van der Waals surface area contributed by atoms with Gasteiger partial charge in [0.05, 0.1) is 5.69 Å². The van der Waals surface area contributed by atoms with Crippen LogP contribution in [0.3, 0.4) is 0 Å². The number of rotatable bonds is 5. The van der Waals surface area contributed by atoms with E-state index < -0.39 is 0 Å². The molecule has 1 aliphatic carbocycles. The van der Waals surface area contributed by atoms with Crippen molar-refractivity contribution < 1.29 is 4.79 Å². The molecular weight excluding hydrogens is 308 g/mol. The number of aryl methyl sites for hydroxylation is 1. The molecule has 0 unspecified atom stereocenters. The molecular formula is C17H28N4OS. The molecule has 3 rings (SSSR count). The first kappa shape index (κ1) is 16.8. The van der Waals surface area contributed by atoms with Gasteiger partial charge >= 0.3 is 0 Å². The number of amides is 1. The molecule has 1 aromatic heterocycles. The first-order valence-corrected chi connectivity index (χ1v) is 9.87. The minimum atomic E-state index is 0.0128. The van der Waals surface area contributed by atoms with E-state index in [9.17, 15) is 4.79 Å². The molecule has 2 fully saturated rings. The van der Waals surface area contributed by atoms with E-state index in [1.807, 2.05) is 6.92 Å². The normalized spacial score (nSPS) is 22.0. The molecule has 2 aliphatic rings. The van der Waals surface area contributed by atoms with Crippen LogP contribution in [0.5, 0.6) is 0 Å². The van der Waals surface area contributed by atoms with E-state index in [1.54, 1.807) is 0 Å². The smallest absolute Gasteiger partial charge is 0.265 e. The summed E-state index contributed by atoms with van der Waals surface area (Å²) in [6, 6.07) is 0. The number of carbonyl (C=O) groups excluding carboxylic acids is 1. The molecule has 128 valence electrons. The highest BCUT2D eigenvalue weighted by molar-refractivity contribution is 7.08. The Labute approximate surface area is 143 Å². The molecule has 0 aromatic carbocycles. The fraction of sp³-hybridized carbons (Fsp3) is 0.824. The Hall–Kier alpha value is -1.01. The zero-order valence-corrected chi connectivity index (χ0v) is 15.0. The molecule has 5 nitrogen and oxygen atoms in total. The third-order valence-corrected chi connectivity index (χ3v) is 6.25. The van der Waals surface area contributed by atoms with Gasteiger partial charge in [0, 0.05) is 12.1 Å². The monoisotopic (exact) mass is 336 g/mol. The molecule has 1 N–H and O–H groups in total. The highest BCUT2D eigenvalue weighted by Crippen LogP contribution is 2.35. The van der Waals surface area contributed by atoms with Crippen LogP contribution in [0, 0.1) is 0 Å². The Bertz CT molecular complexity index is 518. The largest absolute Gasteiger partial charge is 0.349 e. The third kappa shape index (κ3) is 3.74. The van der Waals surface area contributed by atoms with Gasteiger partial charge in [-0.2, -0.15) is 0 Å². The summed E-state index contributed by atoms with van der Waals surface area (Å²) in [6.07, 6.45) is 11.1. The average Bonchev–Trinajstić information content (AvgIpc) is 3.10. The number of hydrogen-bond donors (Lipinski definition) is 1. The van der Waals surface area contributed by atoms with Crippen molar-refractivity contribution in [2.75, 3.05) is 19.6 Å². The Morgan fingerprint density at radius 2 is 1.87 bits per heavy atom. The molecule has 0 bridgehead atoms. The molecule has 23 heavy (non-hydrogen) atoms. The van der Waals surface area contributed by atoms with E-state index in [4.69, 9.17) is 0 Å². The molecule has 0 radical (unpaired) electrons. The molecule has 1 saturated carbocycles. The van der Waals surface area contributed by atoms with Gasteiger partial charge in [-0.05, 0) is 56.7 Å². The van der Waals surface area contributed by atoms with Gasteiger partial charge in [-0.15, -0.1) is 5.10 Å².